The summed E-state index contributed by atoms with van der Waals surface area (Å²) in [5, 5.41) is 0. The molecule has 2 aromatic carbocycles. The number of hydrogen-bond donors (Lipinski definition) is 0. The van der Waals surface area contributed by atoms with Crippen LogP contribution in [-0.2, 0) is 0 Å². The third-order valence-corrected chi connectivity index (χ3v) is 4.59. The zero-order valence-corrected chi connectivity index (χ0v) is 13.5. The minimum absolute atomic E-state index is 1.18. The first-order valence-corrected chi connectivity index (χ1v) is 8.36. The summed E-state index contributed by atoms with van der Waals surface area (Å²) in [4.78, 5) is 2.54. The Bertz CT molecular complexity index is 631. The number of hydrogen-bond acceptors (Lipinski definition) is 1. The second-order valence-corrected chi connectivity index (χ2v) is 6.24. The molecule has 0 bridgehead atoms. The predicted octanol–water partition coefficient (Wildman–Crippen LogP) is 5.69. The zero-order valence-electron chi connectivity index (χ0n) is 13.5. The lowest BCUT2D eigenvalue weighted by Gasteiger charge is -2.24. The quantitative estimate of drug-likeness (QED) is 0.702. The molecule has 1 heterocycles. The van der Waals surface area contributed by atoms with Crippen molar-refractivity contribution in [2.75, 3.05) is 18.0 Å². The lowest BCUT2D eigenvalue weighted by atomic mass is 9.97. The van der Waals surface area contributed by atoms with Crippen molar-refractivity contribution in [3.63, 3.8) is 0 Å². The molecule has 1 aliphatic rings. The van der Waals surface area contributed by atoms with E-state index in [2.05, 4.69) is 60.9 Å². The van der Waals surface area contributed by atoms with Crippen molar-refractivity contribution in [3.05, 3.63) is 60.2 Å². The highest BCUT2D eigenvalue weighted by Gasteiger charge is 2.12. The van der Waals surface area contributed by atoms with Crippen LogP contribution in [0, 0.1) is 6.92 Å². The number of nitrogens with zero attached hydrogens (tertiary/aromatic N) is 1. The van der Waals surface area contributed by atoms with Gasteiger partial charge in [-0.3, -0.25) is 0 Å². The summed E-state index contributed by atoms with van der Waals surface area (Å²) in [6.45, 7) is 8.47. The van der Waals surface area contributed by atoms with Crippen LogP contribution in [-0.4, -0.2) is 13.1 Å². The lowest BCUT2D eigenvalue weighted by Crippen LogP contribution is -2.23. The maximum atomic E-state index is 3.98. The zero-order chi connectivity index (χ0) is 15.4. The molecule has 0 N–H and O–H groups in total. The standard InChI is InChI=1S/C21H25N/c1-3-18-12-13-20(22-14-6-4-5-7-15-22)16-21(18)19-10-8-17(2)9-11-19/h3,8-13,16H,1,4-7,14-15H2,2H3. The van der Waals surface area contributed by atoms with E-state index in [1.54, 1.807) is 0 Å². The third kappa shape index (κ3) is 3.24. The molecule has 0 radical (unpaired) electrons. The summed E-state index contributed by atoms with van der Waals surface area (Å²) in [5.41, 5.74) is 6.42. The van der Waals surface area contributed by atoms with Gasteiger partial charge in [-0.05, 0) is 48.6 Å². The van der Waals surface area contributed by atoms with E-state index in [1.807, 2.05) is 6.08 Å². The number of benzene rings is 2. The fourth-order valence-corrected chi connectivity index (χ4v) is 3.23. The number of anilines is 1. The fraction of sp³-hybridized carbons (Fsp3) is 0.333. The first-order valence-electron chi connectivity index (χ1n) is 8.36. The van der Waals surface area contributed by atoms with Crippen molar-refractivity contribution in [1.82, 2.24) is 0 Å². The molecule has 0 amide bonds. The topological polar surface area (TPSA) is 3.24 Å². The van der Waals surface area contributed by atoms with Gasteiger partial charge in [0.1, 0.15) is 0 Å². The molecule has 0 aliphatic carbocycles. The first-order chi connectivity index (χ1) is 10.8. The van der Waals surface area contributed by atoms with E-state index in [9.17, 15) is 0 Å². The van der Waals surface area contributed by atoms with Gasteiger partial charge in [0.25, 0.3) is 0 Å². The highest BCUT2D eigenvalue weighted by Crippen LogP contribution is 2.30. The van der Waals surface area contributed by atoms with Gasteiger partial charge in [-0.25, -0.2) is 0 Å². The number of rotatable bonds is 3. The Morgan fingerprint density at radius 1 is 0.909 bits per heavy atom. The Hall–Kier alpha value is -2.02. The van der Waals surface area contributed by atoms with Crippen LogP contribution in [0.3, 0.4) is 0 Å². The van der Waals surface area contributed by atoms with Crippen LogP contribution in [0.25, 0.3) is 17.2 Å². The van der Waals surface area contributed by atoms with Crippen LogP contribution in [0.4, 0.5) is 5.69 Å². The molecule has 1 saturated heterocycles. The van der Waals surface area contributed by atoms with E-state index in [1.165, 1.54) is 66.7 Å². The van der Waals surface area contributed by atoms with Gasteiger partial charge in [-0.2, -0.15) is 0 Å². The molecule has 0 aromatic heterocycles. The van der Waals surface area contributed by atoms with Crippen molar-refractivity contribution in [2.45, 2.75) is 32.6 Å². The van der Waals surface area contributed by atoms with E-state index < -0.39 is 0 Å². The van der Waals surface area contributed by atoms with Gasteiger partial charge in [-0.1, -0.05) is 61.4 Å². The van der Waals surface area contributed by atoms with Crippen LogP contribution < -0.4 is 4.90 Å². The first kappa shape index (κ1) is 14.9. The van der Waals surface area contributed by atoms with E-state index in [4.69, 9.17) is 0 Å². The summed E-state index contributed by atoms with van der Waals surface area (Å²) >= 11 is 0. The van der Waals surface area contributed by atoms with Crippen molar-refractivity contribution in [3.8, 4) is 11.1 Å². The summed E-state index contributed by atoms with van der Waals surface area (Å²) in [6, 6.07) is 15.6. The average molecular weight is 291 g/mol. The minimum Gasteiger partial charge on any atom is -0.372 e. The van der Waals surface area contributed by atoms with Crippen LogP contribution >= 0.6 is 0 Å². The van der Waals surface area contributed by atoms with E-state index in [0.717, 1.165) is 0 Å². The van der Waals surface area contributed by atoms with Crippen LogP contribution in [0.5, 0.6) is 0 Å². The summed E-state index contributed by atoms with van der Waals surface area (Å²) in [7, 11) is 0. The Kier molecular flexibility index (Phi) is 4.62. The van der Waals surface area contributed by atoms with Gasteiger partial charge in [0.15, 0.2) is 0 Å². The predicted molar refractivity (Wildman–Crippen MR) is 97.4 cm³/mol. The molecule has 1 fully saturated rings. The van der Waals surface area contributed by atoms with Crippen LogP contribution in [0.1, 0.15) is 36.8 Å². The molecular formula is C21H25N. The van der Waals surface area contributed by atoms with Gasteiger partial charge in [0.2, 0.25) is 0 Å². The molecule has 1 nitrogen and oxygen atoms in total. The molecule has 0 atom stereocenters. The van der Waals surface area contributed by atoms with Gasteiger partial charge in [0.05, 0.1) is 0 Å². The normalized spacial score (nSPS) is 15.4. The smallest absolute Gasteiger partial charge is 0.0372 e. The second-order valence-electron chi connectivity index (χ2n) is 6.24. The van der Waals surface area contributed by atoms with Crippen molar-refractivity contribution < 1.29 is 0 Å². The van der Waals surface area contributed by atoms with Crippen molar-refractivity contribution in [2.24, 2.45) is 0 Å². The summed E-state index contributed by atoms with van der Waals surface area (Å²) in [6.07, 6.45) is 7.31. The molecule has 1 aliphatic heterocycles. The number of aryl methyl sites for hydroxylation is 1. The molecule has 0 spiro atoms. The second kappa shape index (κ2) is 6.83. The fourth-order valence-electron chi connectivity index (χ4n) is 3.23. The molecule has 0 unspecified atom stereocenters. The molecule has 22 heavy (non-hydrogen) atoms. The van der Waals surface area contributed by atoms with Crippen molar-refractivity contribution >= 4 is 11.8 Å². The molecule has 0 saturated carbocycles. The van der Waals surface area contributed by atoms with E-state index in [0.29, 0.717) is 0 Å². The lowest BCUT2D eigenvalue weighted by molar-refractivity contribution is 0.726. The Morgan fingerprint density at radius 2 is 1.59 bits per heavy atom. The monoisotopic (exact) mass is 291 g/mol. The van der Waals surface area contributed by atoms with Gasteiger partial charge >= 0.3 is 0 Å². The highest BCUT2D eigenvalue weighted by atomic mass is 15.1. The van der Waals surface area contributed by atoms with Crippen LogP contribution in [0.15, 0.2) is 49.0 Å². The minimum atomic E-state index is 1.18. The highest BCUT2D eigenvalue weighted by molar-refractivity contribution is 5.78. The Labute approximate surface area is 134 Å². The Morgan fingerprint density at radius 3 is 2.23 bits per heavy atom. The molecule has 2 aromatic rings. The van der Waals surface area contributed by atoms with E-state index in [-0.39, 0.29) is 0 Å². The largest absolute Gasteiger partial charge is 0.372 e. The van der Waals surface area contributed by atoms with Gasteiger partial charge < -0.3 is 4.90 Å². The van der Waals surface area contributed by atoms with E-state index >= 15 is 0 Å². The SMILES string of the molecule is C=Cc1ccc(N2CCCCCC2)cc1-c1ccc(C)cc1. The Balaban J connectivity index is 1.98. The summed E-state index contributed by atoms with van der Waals surface area (Å²) in [5.74, 6) is 0. The molecule has 1 heteroatoms. The maximum Gasteiger partial charge on any atom is 0.0372 e. The maximum absolute atomic E-state index is 3.98. The van der Waals surface area contributed by atoms with Crippen molar-refractivity contribution in [1.29, 1.82) is 0 Å². The molecular weight excluding hydrogens is 266 g/mol. The van der Waals surface area contributed by atoms with Gasteiger partial charge in [0, 0.05) is 18.8 Å². The third-order valence-electron chi connectivity index (χ3n) is 4.59. The van der Waals surface area contributed by atoms with Crippen LogP contribution in [0.2, 0.25) is 0 Å². The molecule has 114 valence electrons. The average Bonchev–Trinajstić information content (AvgIpc) is 2.84. The van der Waals surface area contributed by atoms with Gasteiger partial charge in [-0.15, -0.1) is 0 Å². The molecule has 3 rings (SSSR count). The summed E-state index contributed by atoms with van der Waals surface area (Å²) < 4.78 is 0.